The Bertz CT molecular complexity index is 1040. The molecule has 1 saturated carbocycles. The molecule has 2 aliphatic heterocycles. The quantitative estimate of drug-likeness (QED) is 0.280. The van der Waals surface area contributed by atoms with Crippen molar-refractivity contribution in [3.63, 3.8) is 0 Å². The molecule has 1 fully saturated rings. The monoisotopic (exact) mass is 432 g/mol. The molecule has 5 rings (SSSR count). The van der Waals surface area contributed by atoms with Gasteiger partial charge in [-0.05, 0) is 49.1 Å². The molecule has 2 heterocycles. The van der Waals surface area contributed by atoms with Crippen LogP contribution in [0.2, 0.25) is 0 Å². The third-order valence-corrected chi connectivity index (χ3v) is 7.70. The molecule has 2 aromatic carbocycles. The summed E-state index contributed by atoms with van der Waals surface area (Å²) < 4.78 is 6.98. The molecule has 0 radical (unpaired) electrons. The van der Waals surface area contributed by atoms with Crippen LogP contribution in [0.15, 0.2) is 48.5 Å². The van der Waals surface area contributed by atoms with Crippen molar-refractivity contribution in [2.75, 3.05) is 11.4 Å². The highest BCUT2D eigenvalue weighted by molar-refractivity contribution is 5.73. The fourth-order valence-corrected chi connectivity index (χ4v) is 6.19. The summed E-state index contributed by atoms with van der Waals surface area (Å²) in [6.07, 6.45) is 14.9. The first-order valence-electron chi connectivity index (χ1n) is 12.2. The number of para-hydroxylation sites is 1. The SMILES string of the molecule is CCCCCCN1c2ccccc2C2(CCCCC2)[C@@]12C=Cc1cc([N+](=O)[O-])ccc1O2. The maximum atomic E-state index is 11.3. The van der Waals surface area contributed by atoms with Crippen LogP contribution >= 0.6 is 0 Å². The smallest absolute Gasteiger partial charge is 0.270 e. The van der Waals surface area contributed by atoms with Gasteiger partial charge in [0.05, 0.1) is 10.3 Å². The van der Waals surface area contributed by atoms with E-state index in [1.165, 1.54) is 49.8 Å². The van der Waals surface area contributed by atoms with E-state index < -0.39 is 5.72 Å². The van der Waals surface area contributed by atoms with Crippen LogP contribution in [0.1, 0.15) is 75.8 Å². The minimum Gasteiger partial charge on any atom is -0.463 e. The number of hydrogen-bond acceptors (Lipinski definition) is 4. The van der Waals surface area contributed by atoms with Gasteiger partial charge in [0, 0.05) is 29.9 Å². The minimum atomic E-state index is -0.577. The van der Waals surface area contributed by atoms with Gasteiger partial charge in [-0.3, -0.25) is 10.1 Å². The maximum Gasteiger partial charge on any atom is 0.270 e. The fourth-order valence-electron chi connectivity index (χ4n) is 6.19. The zero-order chi connectivity index (χ0) is 22.2. The summed E-state index contributed by atoms with van der Waals surface area (Å²) in [5.41, 5.74) is 2.92. The van der Waals surface area contributed by atoms with Crippen LogP contribution in [0.25, 0.3) is 6.08 Å². The Morgan fingerprint density at radius 3 is 2.66 bits per heavy atom. The van der Waals surface area contributed by atoms with E-state index in [1.54, 1.807) is 18.2 Å². The van der Waals surface area contributed by atoms with Gasteiger partial charge in [0.25, 0.3) is 5.69 Å². The van der Waals surface area contributed by atoms with E-state index in [4.69, 9.17) is 4.74 Å². The van der Waals surface area contributed by atoms with E-state index in [1.807, 2.05) is 0 Å². The fraction of sp³-hybridized carbons (Fsp3) is 0.481. The van der Waals surface area contributed by atoms with E-state index in [0.29, 0.717) is 0 Å². The second-order valence-corrected chi connectivity index (χ2v) is 9.48. The van der Waals surface area contributed by atoms with Crippen LogP contribution in [0.5, 0.6) is 5.75 Å². The number of rotatable bonds is 6. The average molecular weight is 433 g/mol. The highest BCUT2D eigenvalue weighted by Crippen LogP contribution is 2.60. The number of hydrogen-bond donors (Lipinski definition) is 0. The Kier molecular flexibility index (Phi) is 5.44. The van der Waals surface area contributed by atoms with Crippen LogP contribution in [-0.4, -0.2) is 17.2 Å². The highest BCUT2D eigenvalue weighted by Gasteiger charge is 2.63. The molecule has 32 heavy (non-hydrogen) atoms. The van der Waals surface area contributed by atoms with E-state index >= 15 is 0 Å². The zero-order valence-corrected chi connectivity index (χ0v) is 18.9. The summed E-state index contributed by atoms with van der Waals surface area (Å²) in [6, 6.07) is 13.8. The normalized spacial score (nSPS) is 22.6. The van der Waals surface area contributed by atoms with E-state index in [2.05, 4.69) is 48.2 Å². The first-order valence-corrected chi connectivity index (χ1v) is 12.2. The molecule has 5 heteroatoms. The number of benzene rings is 2. The van der Waals surface area contributed by atoms with E-state index in [-0.39, 0.29) is 16.0 Å². The first kappa shape index (κ1) is 21.0. The van der Waals surface area contributed by atoms with Gasteiger partial charge in [-0.15, -0.1) is 0 Å². The topological polar surface area (TPSA) is 55.6 Å². The standard InChI is InChI=1S/C27H32N2O3/c1-2-3-4-10-19-28-24-12-7-6-11-23(24)26(16-8-5-9-17-26)27(28)18-15-21-20-22(29(30)31)13-14-25(21)32-27/h6-7,11-15,18,20H,2-5,8-10,16-17,19H2,1H3/t27-/m0/s1. The Labute approximate surface area is 190 Å². The Morgan fingerprint density at radius 1 is 1.06 bits per heavy atom. The van der Waals surface area contributed by atoms with Crippen LogP contribution in [0, 0.1) is 10.1 Å². The lowest BCUT2D eigenvalue weighted by Crippen LogP contribution is -2.62. The molecule has 0 unspecified atom stereocenters. The number of unbranched alkanes of at least 4 members (excludes halogenated alkanes) is 3. The summed E-state index contributed by atoms with van der Waals surface area (Å²) in [6.45, 7) is 3.19. The molecule has 0 aromatic heterocycles. The van der Waals surface area contributed by atoms with Crippen LogP contribution < -0.4 is 9.64 Å². The predicted molar refractivity (Wildman–Crippen MR) is 128 cm³/mol. The van der Waals surface area contributed by atoms with Gasteiger partial charge in [-0.2, -0.15) is 0 Å². The van der Waals surface area contributed by atoms with Gasteiger partial charge in [0.1, 0.15) is 5.75 Å². The largest absolute Gasteiger partial charge is 0.463 e. The number of ether oxygens (including phenoxy) is 1. The van der Waals surface area contributed by atoms with Gasteiger partial charge in [-0.1, -0.05) is 63.6 Å². The van der Waals surface area contributed by atoms with Crippen molar-refractivity contribution >= 4 is 17.5 Å². The van der Waals surface area contributed by atoms with Gasteiger partial charge in [-0.25, -0.2) is 0 Å². The number of non-ortho nitro benzene ring substituents is 1. The third kappa shape index (κ3) is 3.13. The van der Waals surface area contributed by atoms with Crippen molar-refractivity contribution in [1.82, 2.24) is 0 Å². The summed E-state index contributed by atoms with van der Waals surface area (Å²) >= 11 is 0. The second-order valence-electron chi connectivity index (χ2n) is 9.48. The number of nitrogens with zero attached hydrogens (tertiary/aromatic N) is 2. The van der Waals surface area contributed by atoms with Crippen molar-refractivity contribution in [2.45, 2.75) is 75.9 Å². The van der Waals surface area contributed by atoms with Crippen molar-refractivity contribution in [1.29, 1.82) is 0 Å². The molecule has 2 spiro atoms. The second kappa shape index (κ2) is 8.27. The molecular formula is C27H32N2O3. The minimum absolute atomic E-state index is 0.0947. The molecular weight excluding hydrogens is 400 g/mol. The molecule has 0 N–H and O–H groups in total. The molecule has 5 nitrogen and oxygen atoms in total. The van der Waals surface area contributed by atoms with Gasteiger partial charge >= 0.3 is 0 Å². The molecule has 0 amide bonds. The molecule has 0 bridgehead atoms. The molecule has 3 aliphatic rings. The summed E-state index contributed by atoms with van der Waals surface area (Å²) in [5, 5.41) is 11.3. The van der Waals surface area contributed by atoms with Gasteiger partial charge in [0.2, 0.25) is 5.72 Å². The van der Waals surface area contributed by atoms with Gasteiger partial charge < -0.3 is 9.64 Å². The molecule has 168 valence electrons. The number of nitro groups is 1. The lowest BCUT2D eigenvalue weighted by atomic mass is 9.64. The Hall–Kier alpha value is -2.82. The van der Waals surface area contributed by atoms with Crippen LogP contribution in [0.4, 0.5) is 11.4 Å². The average Bonchev–Trinajstić information content (AvgIpc) is 3.02. The van der Waals surface area contributed by atoms with Crippen molar-refractivity contribution in [2.24, 2.45) is 0 Å². The molecule has 1 aliphatic carbocycles. The molecule has 1 atom stereocenters. The van der Waals surface area contributed by atoms with E-state index in [0.717, 1.165) is 37.1 Å². The third-order valence-electron chi connectivity index (χ3n) is 7.70. The van der Waals surface area contributed by atoms with Crippen LogP contribution in [0.3, 0.4) is 0 Å². The van der Waals surface area contributed by atoms with Gasteiger partial charge in [0.15, 0.2) is 0 Å². The number of anilines is 1. The molecule has 0 saturated heterocycles. The summed E-state index contributed by atoms with van der Waals surface area (Å²) in [4.78, 5) is 13.4. The summed E-state index contributed by atoms with van der Waals surface area (Å²) in [5.74, 6) is 0.745. The maximum absolute atomic E-state index is 11.3. The predicted octanol–water partition coefficient (Wildman–Crippen LogP) is 7.00. The lowest BCUT2D eigenvalue weighted by molar-refractivity contribution is -0.384. The van der Waals surface area contributed by atoms with E-state index in [9.17, 15) is 10.1 Å². The Balaban J connectivity index is 1.61. The summed E-state index contributed by atoms with van der Waals surface area (Å²) in [7, 11) is 0. The van der Waals surface area contributed by atoms with Crippen LogP contribution in [-0.2, 0) is 5.41 Å². The van der Waals surface area contributed by atoms with Crippen molar-refractivity contribution in [3.8, 4) is 5.75 Å². The first-order chi connectivity index (χ1) is 15.6. The number of nitro benzene ring substituents is 1. The Morgan fingerprint density at radius 2 is 1.88 bits per heavy atom. The van der Waals surface area contributed by atoms with Crippen molar-refractivity contribution in [3.05, 3.63) is 69.8 Å². The molecule has 2 aromatic rings. The highest BCUT2D eigenvalue weighted by atomic mass is 16.6. The number of fused-ring (bicyclic) bond motifs is 4. The zero-order valence-electron chi connectivity index (χ0n) is 18.9. The lowest BCUT2D eigenvalue weighted by Gasteiger charge is -2.51. The van der Waals surface area contributed by atoms with Crippen molar-refractivity contribution < 1.29 is 9.66 Å².